The van der Waals surface area contributed by atoms with Crippen LogP contribution in [0.4, 0.5) is 14.5 Å². The number of nitrogens with one attached hydrogen (secondary N) is 1. The van der Waals surface area contributed by atoms with Gasteiger partial charge in [-0.3, -0.25) is 9.59 Å². The van der Waals surface area contributed by atoms with Crippen LogP contribution >= 0.6 is 0 Å². The number of hydrogen-bond acceptors (Lipinski definition) is 4. The Morgan fingerprint density at radius 1 is 0.970 bits per heavy atom. The van der Waals surface area contributed by atoms with Gasteiger partial charge in [0.15, 0.2) is 17.2 Å². The van der Waals surface area contributed by atoms with Gasteiger partial charge in [-0.2, -0.15) is 5.10 Å². The van der Waals surface area contributed by atoms with E-state index < -0.39 is 11.7 Å². The summed E-state index contributed by atoms with van der Waals surface area (Å²) < 4.78 is 33.7. The maximum absolute atomic E-state index is 13.3. The van der Waals surface area contributed by atoms with Gasteiger partial charge in [0.25, 0.3) is 5.91 Å². The van der Waals surface area contributed by atoms with Crippen LogP contribution in [0.15, 0.2) is 79.0 Å². The minimum atomic E-state index is -0.550. The van der Waals surface area contributed by atoms with Crippen molar-refractivity contribution in [3.8, 4) is 11.4 Å². The Kier molecular flexibility index (Phi) is 6.26. The Balaban J connectivity index is 1.63. The van der Waals surface area contributed by atoms with Gasteiger partial charge >= 0.3 is 0 Å². The van der Waals surface area contributed by atoms with Crippen molar-refractivity contribution in [2.45, 2.75) is 13.5 Å². The van der Waals surface area contributed by atoms with Gasteiger partial charge in [0, 0.05) is 11.3 Å². The third-order valence-corrected chi connectivity index (χ3v) is 4.82. The van der Waals surface area contributed by atoms with Crippen molar-refractivity contribution in [3.05, 3.63) is 107 Å². The molecular formula is C25H19F2N3O3. The molecule has 0 aliphatic heterocycles. The van der Waals surface area contributed by atoms with E-state index in [1.807, 2.05) is 0 Å². The van der Waals surface area contributed by atoms with Crippen molar-refractivity contribution in [1.29, 1.82) is 0 Å². The Labute approximate surface area is 188 Å². The molecule has 166 valence electrons. The molecule has 6 nitrogen and oxygen atoms in total. The Hall–Kier alpha value is -4.33. The zero-order chi connectivity index (χ0) is 23.4. The highest BCUT2D eigenvalue weighted by molar-refractivity contribution is 6.05. The van der Waals surface area contributed by atoms with Crippen LogP contribution in [0, 0.1) is 11.6 Å². The van der Waals surface area contributed by atoms with E-state index in [2.05, 4.69) is 10.4 Å². The molecule has 0 atom stereocenters. The fraction of sp³-hybridized carbons (Fsp3) is 0.0800. The first-order valence-corrected chi connectivity index (χ1v) is 10.0. The molecule has 1 aromatic heterocycles. The molecule has 0 aliphatic rings. The quantitative estimate of drug-likeness (QED) is 0.396. The predicted molar refractivity (Wildman–Crippen MR) is 119 cm³/mol. The number of ketones is 1. The number of anilines is 1. The number of benzene rings is 3. The van der Waals surface area contributed by atoms with Crippen molar-refractivity contribution in [2.75, 3.05) is 5.32 Å². The molecule has 3 aromatic carbocycles. The van der Waals surface area contributed by atoms with Crippen LogP contribution in [-0.4, -0.2) is 21.5 Å². The minimum absolute atomic E-state index is 0.00494. The number of nitrogens with zero attached hydrogens (tertiary/aromatic N) is 2. The first-order valence-electron chi connectivity index (χ1n) is 10.0. The lowest BCUT2D eigenvalue weighted by atomic mass is 10.1. The molecule has 4 aromatic rings. The number of halogens is 2. The molecule has 0 aliphatic carbocycles. The molecule has 1 amide bonds. The smallest absolute Gasteiger partial charge is 0.280 e. The summed E-state index contributed by atoms with van der Waals surface area (Å²) in [7, 11) is 0. The predicted octanol–water partition coefficient (Wildman–Crippen LogP) is 5.18. The molecule has 0 saturated heterocycles. The van der Waals surface area contributed by atoms with Gasteiger partial charge in [-0.1, -0.05) is 24.3 Å². The van der Waals surface area contributed by atoms with Crippen molar-refractivity contribution < 1.29 is 23.1 Å². The summed E-state index contributed by atoms with van der Waals surface area (Å²) in [4.78, 5) is 24.6. The van der Waals surface area contributed by atoms with Crippen LogP contribution in [0.5, 0.6) is 5.75 Å². The molecule has 4 rings (SSSR count). The third kappa shape index (κ3) is 5.30. The van der Waals surface area contributed by atoms with Gasteiger partial charge in [-0.05, 0) is 61.0 Å². The van der Waals surface area contributed by atoms with E-state index in [0.717, 1.165) is 0 Å². The number of amides is 1. The van der Waals surface area contributed by atoms with Gasteiger partial charge in [0.1, 0.15) is 18.2 Å². The maximum atomic E-state index is 13.3. The van der Waals surface area contributed by atoms with Gasteiger partial charge in [-0.25, -0.2) is 13.5 Å². The second-order valence-electron chi connectivity index (χ2n) is 7.27. The van der Waals surface area contributed by atoms with Crippen LogP contribution < -0.4 is 10.1 Å². The summed E-state index contributed by atoms with van der Waals surface area (Å²) in [5.74, 6) is -1.26. The van der Waals surface area contributed by atoms with E-state index in [1.165, 1.54) is 54.2 Å². The maximum Gasteiger partial charge on any atom is 0.280 e. The van der Waals surface area contributed by atoms with E-state index in [-0.39, 0.29) is 29.7 Å². The fourth-order valence-corrected chi connectivity index (χ4v) is 3.10. The Morgan fingerprint density at radius 3 is 2.30 bits per heavy atom. The lowest BCUT2D eigenvalue weighted by Gasteiger charge is -2.08. The molecule has 0 spiro atoms. The number of ether oxygens (including phenoxy) is 1. The van der Waals surface area contributed by atoms with Crippen LogP contribution in [0.25, 0.3) is 5.69 Å². The zero-order valence-electron chi connectivity index (χ0n) is 17.6. The lowest BCUT2D eigenvalue weighted by molar-refractivity contribution is 0.100. The van der Waals surface area contributed by atoms with E-state index >= 15 is 0 Å². The topological polar surface area (TPSA) is 73.2 Å². The largest absolute Gasteiger partial charge is 0.485 e. The number of hydrogen-bond donors (Lipinski definition) is 1. The number of rotatable bonds is 7. The van der Waals surface area contributed by atoms with Crippen LogP contribution in [0.1, 0.15) is 33.3 Å². The summed E-state index contributed by atoms with van der Waals surface area (Å²) >= 11 is 0. The minimum Gasteiger partial charge on any atom is -0.485 e. The van der Waals surface area contributed by atoms with E-state index in [9.17, 15) is 18.4 Å². The standard InChI is InChI=1S/C25H19F2N3O3/c1-16(31)18-3-2-4-21(13-18)28-25(32)24-23(33-15-17-5-7-19(26)8-6-17)14-30(29-24)22-11-9-20(27)10-12-22/h2-14H,15H2,1H3,(H,28,32). The van der Waals surface area contributed by atoms with Crippen molar-refractivity contribution in [2.24, 2.45) is 0 Å². The van der Waals surface area contributed by atoms with E-state index in [0.29, 0.717) is 22.5 Å². The molecular weight excluding hydrogens is 428 g/mol. The van der Waals surface area contributed by atoms with Crippen molar-refractivity contribution in [3.63, 3.8) is 0 Å². The van der Waals surface area contributed by atoms with Crippen molar-refractivity contribution in [1.82, 2.24) is 9.78 Å². The highest BCUT2D eigenvalue weighted by Crippen LogP contribution is 2.23. The molecule has 0 saturated carbocycles. The Bertz CT molecular complexity index is 1300. The second kappa shape index (κ2) is 9.44. The second-order valence-corrected chi connectivity index (χ2v) is 7.27. The van der Waals surface area contributed by atoms with Crippen LogP contribution in [0.3, 0.4) is 0 Å². The number of carbonyl (C=O) groups excluding carboxylic acids is 2. The molecule has 1 heterocycles. The van der Waals surface area contributed by atoms with E-state index in [4.69, 9.17) is 4.74 Å². The number of carbonyl (C=O) groups is 2. The van der Waals surface area contributed by atoms with Gasteiger partial charge in [0.05, 0.1) is 11.9 Å². The average molecular weight is 447 g/mol. The molecule has 0 radical (unpaired) electrons. The number of aromatic nitrogens is 2. The normalized spacial score (nSPS) is 10.6. The highest BCUT2D eigenvalue weighted by atomic mass is 19.1. The monoisotopic (exact) mass is 447 g/mol. The van der Waals surface area contributed by atoms with Gasteiger partial charge in [0.2, 0.25) is 0 Å². The lowest BCUT2D eigenvalue weighted by Crippen LogP contribution is -2.15. The molecule has 33 heavy (non-hydrogen) atoms. The highest BCUT2D eigenvalue weighted by Gasteiger charge is 2.20. The molecule has 0 fully saturated rings. The molecule has 0 unspecified atom stereocenters. The summed E-state index contributed by atoms with van der Waals surface area (Å²) in [6, 6.07) is 17.9. The summed E-state index contributed by atoms with van der Waals surface area (Å²) in [6.07, 6.45) is 1.51. The molecule has 8 heteroatoms. The summed E-state index contributed by atoms with van der Waals surface area (Å²) in [5, 5.41) is 7.04. The van der Waals surface area contributed by atoms with Crippen molar-refractivity contribution >= 4 is 17.4 Å². The fourth-order valence-electron chi connectivity index (χ4n) is 3.10. The zero-order valence-corrected chi connectivity index (χ0v) is 17.6. The Morgan fingerprint density at radius 2 is 1.64 bits per heavy atom. The first-order chi connectivity index (χ1) is 15.9. The van der Waals surface area contributed by atoms with Gasteiger partial charge < -0.3 is 10.1 Å². The average Bonchev–Trinajstić information content (AvgIpc) is 3.24. The molecule has 1 N–H and O–H groups in total. The molecule has 0 bridgehead atoms. The van der Waals surface area contributed by atoms with Crippen LogP contribution in [0.2, 0.25) is 0 Å². The van der Waals surface area contributed by atoms with Crippen LogP contribution in [-0.2, 0) is 6.61 Å². The summed E-state index contributed by atoms with van der Waals surface area (Å²) in [6.45, 7) is 1.52. The first kappa shape index (κ1) is 21.9. The van der Waals surface area contributed by atoms with Gasteiger partial charge in [-0.15, -0.1) is 0 Å². The van der Waals surface area contributed by atoms with E-state index in [1.54, 1.807) is 36.4 Å². The SMILES string of the molecule is CC(=O)c1cccc(NC(=O)c2nn(-c3ccc(F)cc3)cc2OCc2ccc(F)cc2)c1. The number of Topliss-reactive ketones (excluding diaryl/α,β-unsaturated/α-hetero) is 1. The third-order valence-electron chi connectivity index (χ3n) is 4.82. The summed E-state index contributed by atoms with van der Waals surface area (Å²) in [5.41, 5.74) is 2.10.